The normalized spacial score (nSPS) is 11.5. The van der Waals surface area contributed by atoms with Crippen molar-refractivity contribution >= 4 is 15.9 Å². The highest BCUT2D eigenvalue weighted by Gasteiger charge is 2.22. The molecule has 0 bridgehead atoms. The van der Waals surface area contributed by atoms with E-state index in [2.05, 4.69) is 0 Å². The van der Waals surface area contributed by atoms with Gasteiger partial charge >= 0.3 is 0 Å². The number of hydrogen-bond donors (Lipinski definition) is 1. The third kappa shape index (κ3) is 4.53. The van der Waals surface area contributed by atoms with Crippen LogP contribution >= 0.6 is 0 Å². The van der Waals surface area contributed by atoms with E-state index in [4.69, 9.17) is 10.5 Å². The number of hydrogen-bond acceptors (Lipinski definition) is 4. The smallest absolute Gasteiger partial charge is 0.232 e. The van der Waals surface area contributed by atoms with Crippen molar-refractivity contribution in [2.24, 2.45) is 5.73 Å². The minimum Gasteiger partial charge on any atom is -0.497 e. The molecule has 0 radical (unpaired) electrons. The summed E-state index contributed by atoms with van der Waals surface area (Å²) < 4.78 is 30.4. The number of likely N-dealkylation sites (N-methyl/N-ethyl adjacent to an activating group) is 1. The van der Waals surface area contributed by atoms with Gasteiger partial charge in [0.05, 0.1) is 19.4 Å². The Morgan fingerprint density at radius 1 is 1.42 bits per heavy atom. The lowest BCUT2D eigenvalue weighted by Gasteiger charge is -2.18. The van der Waals surface area contributed by atoms with Crippen molar-refractivity contribution in [3.63, 3.8) is 0 Å². The number of primary amides is 1. The molecular weight excluding hydrogens is 268 g/mol. The van der Waals surface area contributed by atoms with E-state index >= 15 is 0 Å². The number of sulfonamides is 1. The zero-order valence-electron chi connectivity index (χ0n) is 11.0. The van der Waals surface area contributed by atoms with Gasteiger partial charge in [0.15, 0.2) is 0 Å². The monoisotopic (exact) mass is 286 g/mol. The van der Waals surface area contributed by atoms with Crippen LogP contribution in [0.25, 0.3) is 0 Å². The number of methoxy groups -OCH3 is 1. The highest BCUT2D eigenvalue weighted by atomic mass is 32.2. The quantitative estimate of drug-likeness (QED) is 0.782. The van der Waals surface area contributed by atoms with E-state index in [1.54, 1.807) is 31.2 Å². The molecule has 6 nitrogen and oxygen atoms in total. The van der Waals surface area contributed by atoms with Crippen LogP contribution in [0.3, 0.4) is 0 Å². The van der Waals surface area contributed by atoms with Crippen LogP contribution in [0.2, 0.25) is 0 Å². The first-order chi connectivity index (χ1) is 8.89. The van der Waals surface area contributed by atoms with Crippen molar-refractivity contribution < 1.29 is 17.9 Å². The van der Waals surface area contributed by atoms with Gasteiger partial charge in [-0.15, -0.1) is 0 Å². The van der Waals surface area contributed by atoms with Gasteiger partial charge in [-0.1, -0.05) is 19.1 Å². The number of nitrogens with zero attached hydrogens (tertiary/aromatic N) is 1. The van der Waals surface area contributed by atoms with E-state index in [1.807, 2.05) is 0 Å². The van der Waals surface area contributed by atoms with E-state index in [0.717, 1.165) is 4.31 Å². The molecule has 1 aromatic carbocycles. The fourth-order valence-electron chi connectivity index (χ4n) is 1.64. The van der Waals surface area contributed by atoms with Crippen LogP contribution < -0.4 is 10.5 Å². The number of nitrogens with two attached hydrogens (primary N) is 1. The van der Waals surface area contributed by atoms with Crippen molar-refractivity contribution in [2.45, 2.75) is 12.7 Å². The van der Waals surface area contributed by atoms with Gasteiger partial charge in [-0.25, -0.2) is 8.42 Å². The first-order valence-electron chi connectivity index (χ1n) is 5.78. The number of amides is 1. The lowest BCUT2D eigenvalue weighted by molar-refractivity contribution is -0.118. The molecule has 7 heteroatoms. The summed E-state index contributed by atoms with van der Waals surface area (Å²) in [5.41, 5.74) is 5.64. The maximum Gasteiger partial charge on any atom is 0.232 e. The van der Waals surface area contributed by atoms with Crippen LogP contribution in [-0.4, -0.2) is 38.8 Å². The molecular formula is C12H18N2O4S. The third-order valence-electron chi connectivity index (χ3n) is 2.56. The zero-order valence-corrected chi connectivity index (χ0v) is 11.8. The van der Waals surface area contributed by atoms with E-state index in [0.29, 0.717) is 11.3 Å². The Hall–Kier alpha value is -1.60. The second kappa shape index (κ2) is 6.53. The summed E-state index contributed by atoms with van der Waals surface area (Å²) in [4.78, 5) is 10.9. The van der Waals surface area contributed by atoms with E-state index < -0.39 is 15.9 Å². The number of benzene rings is 1. The zero-order chi connectivity index (χ0) is 14.5. The molecule has 0 aliphatic carbocycles. The van der Waals surface area contributed by atoms with Crippen LogP contribution in [0.4, 0.5) is 0 Å². The topological polar surface area (TPSA) is 89.7 Å². The summed E-state index contributed by atoms with van der Waals surface area (Å²) in [7, 11) is -2.06. The SMILES string of the molecule is CCN(CC(N)=O)S(=O)(=O)Cc1cccc(OC)c1. The molecule has 0 spiro atoms. The molecule has 1 rings (SSSR count). The van der Waals surface area contributed by atoms with Gasteiger partial charge in [-0.3, -0.25) is 4.79 Å². The summed E-state index contributed by atoms with van der Waals surface area (Å²) in [6.07, 6.45) is 0. The molecule has 0 fully saturated rings. The van der Waals surface area contributed by atoms with Crippen molar-refractivity contribution in [3.05, 3.63) is 29.8 Å². The summed E-state index contributed by atoms with van der Waals surface area (Å²) in [6, 6.07) is 6.79. The predicted molar refractivity (Wildman–Crippen MR) is 72.1 cm³/mol. The van der Waals surface area contributed by atoms with E-state index in [9.17, 15) is 13.2 Å². The van der Waals surface area contributed by atoms with Crippen molar-refractivity contribution in [2.75, 3.05) is 20.2 Å². The van der Waals surface area contributed by atoms with Crippen molar-refractivity contribution in [1.82, 2.24) is 4.31 Å². The first-order valence-corrected chi connectivity index (χ1v) is 7.39. The molecule has 0 aliphatic heterocycles. The molecule has 2 N–H and O–H groups in total. The van der Waals surface area contributed by atoms with Gasteiger partial charge in [-0.2, -0.15) is 4.31 Å². The van der Waals surface area contributed by atoms with Crippen LogP contribution in [0, 0.1) is 0 Å². The first kappa shape index (κ1) is 15.5. The average Bonchev–Trinajstić information content (AvgIpc) is 2.35. The largest absolute Gasteiger partial charge is 0.497 e. The lowest BCUT2D eigenvalue weighted by Crippen LogP contribution is -2.38. The summed E-state index contributed by atoms with van der Waals surface area (Å²) in [5, 5.41) is 0. The second-order valence-corrected chi connectivity index (χ2v) is 5.97. The second-order valence-electron chi connectivity index (χ2n) is 4.00. The molecule has 106 valence electrons. The van der Waals surface area contributed by atoms with Crippen LogP contribution in [-0.2, 0) is 20.6 Å². The Labute approximate surface area is 113 Å². The van der Waals surface area contributed by atoms with Crippen molar-refractivity contribution in [1.29, 1.82) is 0 Å². The Morgan fingerprint density at radius 2 is 2.11 bits per heavy atom. The van der Waals surface area contributed by atoms with Gasteiger partial charge in [0, 0.05) is 6.54 Å². The molecule has 0 aromatic heterocycles. The maximum absolute atomic E-state index is 12.1. The van der Waals surface area contributed by atoms with E-state index in [1.165, 1.54) is 7.11 Å². The Balaban J connectivity index is 2.91. The summed E-state index contributed by atoms with van der Waals surface area (Å²) >= 11 is 0. The molecule has 1 aromatic rings. The minimum atomic E-state index is -3.57. The van der Waals surface area contributed by atoms with Crippen LogP contribution in [0.5, 0.6) is 5.75 Å². The fraction of sp³-hybridized carbons (Fsp3) is 0.417. The molecule has 19 heavy (non-hydrogen) atoms. The number of carbonyl (C=O) groups excluding carboxylic acids is 1. The van der Waals surface area contributed by atoms with Crippen LogP contribution in [0.15, 0.2) is 24.3 Å². The number of ether oxygens (including phenoxy) is 1. The molecule has 0 saturated heterocycles. The van der Waals surface area contributed by atoms with Gasteiger partial charge in [0.1, 0.15) is 5.75 Å². The molecule has 0 unspecified atom stereocenters. The minimum absolute atomic E-state index is 0.189. The molecule has 0 heterocycles. The fourth-order valence-corrected chi connectivity index (χ4v) is 3.15. The standard InChI is InChI=1S/C12H18N2O4S/c1-3-14(8-12(13)15)19(16,17)9-10-5-4-6-11(7-10)18-2/h4-7H,3,8-9H2,1-2H3,(H2,13,15). The van der Waals surface area contributed by atoms with Gasteiger partial charge in [0.2, 0.25) is 15.9 Å². The maximum atomic E-state index is 12.1. The Bertz CT molecular complexity index is 542. The molecule has 1 amide bonds. The Morgan fingerprint density at radius 3 is 2.63 bits per heavy atom. The third-order valence-corrected chi connectivity index (χ3v) is 4.43. The number of rotatable bonds is 7. The molecule has 0 saturated carbocycles. The molecule has 0 aliphatic rings. The van der Waals surface area contributed by atoms with Gasteiger partial charge in [-0.05, 0) is 17.7 Å². The number of carbonyl (C=O) groups is 1. The van der Waals surface area contributed by atoms with Gasteiger partial charge < -0.3 is 10.5 Å². The average molecular weight is 286 g/mol. The summed E-state index contributed by atoms with van der Waals surface area (Å²) in [6.45, 7) is 1.56. The summed E-state index contributed by atoms with van der Waals surface area (Å²) in [5.74, 6) is -0.271. The van der Waals surface area contributed by atoms with Crippen molar-refractivity contribution in [3.8, 4) is 5.75 Å². The highest BCUT2D eigenvalue weighted by molar-refractivity contribution is 7.88. The predicted octanol–water partition coefficient (Wildman–Crippen LogP) is 0.332. The van der Waals surface area contributed by atoms with Gasteiger partial charge in [0.25, 0.3) is 0 Å². The highest BCUT2D eigenvalue weighted by Crippen LogP contribution is 2.16. The molecule has 0 atom stereocenters. The van der Waals surface area contributed by atoms with Crippen LogP contribution in [0.1, 0.15) is 12.5 Å². The van der Waals surface area contributed by atoms with E-state index in [-0.39, 0.29) is 18.8 Å². The Kier molecular flexibility index (Phi) is 5.31. The lowest BCUT2D eigenvalue weighted by atomic mass is 10.2.